The van der Waals surface area contributed by atoms with Gasteiger partial charge < -0.3 is 14.6 Å². The first-order chi connectivity index (χ1) is 8.51. The SMILES string of the molecule is CC1(C)C(C(=O)O)C1c1ccc2c(c1)OCCO2. The normalized spacial score (nSPS) is 27.7. The van der Waals surface area contributed by atoms with Crippen LogP contribution in [0.2, 0.25) is 0 Å². The Labute approximate surface area is 106 Å². The molecule has 96 valence electrons. The minimum Gasteiger partial charge on any atom is -0.486 e. The summed E-state index contributed by atoms with van der Waals surface area (Å²) >= 11 is 0. The van der Waals surface area contributed by atoms with Crippen molar-refractivity contribution >= 4 is 5.97 Å². The number of fused-ring (bicyclic) bond motifs is 1. The van der Waals surface area contributed by atoms with Gasteiger partial charge in [0.1, 0.15) is 13.2 Å². The lowest BCUT2D eigenvalue weighted by Crippen LogP contribution is -2.15. The maximum atomic E-state index is 11.2. The van der Waals surface area contributed by atoms with Gasteiger partial charge in [-0.15, -0.1) is 0 Å². The van der Waals surface area contributed by atoms with Crippen LogP contribution in [0.4, 0.5) is 0 Å². The summed E-state index contributed by atoms with van der Waals surface area (Å²) in [6.45, 7) is 5.10. The number of benzene rings is 1. The second kappa shape index (κ2) is 3.64. The first kappa shape index (κ1) is 11.4. The highest BCUT2D eigenvalue weighted by Gasteiger charge is 2.62. The first-order valence-corrected chi connectivity index (χ1v) is 6.14. The Balaban J connectivity index is 1.92. The van der Waals surface area contributed by atoms with Crippen molar-refractivity contribution in [2.45, 2.75) is 19.8 Å². The maximum Gasteiger partial charge on any atom is 0.307 e. The highest BCUT2D eigenvalue weighted by Crippen LogP contribution is 2.64. The van der Waals surface area contributed by atoms with Gasteiger partial charge in [0.05, 0.1) is 5.92 Å². The molecule has 3 rings (SSSR count). The van der Waals surface area contributed by atoms with Gasteiger partial charge in [-0.2, -0.15) is 0 Å². The number of rotatable bonds is 2. The molecule has 0 radical (unpaired) electrons. The average Bonchev–Trinajstić information content (AvgIpc) is 2.92. The maximum absolute atomic E-state index is 11.2. The molecular weight excluding hydrogens is 232 g/mol. The van der Waals surface area contributed by atoms with E-state index in [1.807, 2.05) is 32.0 Å². The molecule has 2 aliphatic rings. The molecule has 0 saturated heterocycles. The molecule has 4 nitrogen and oxygen atoms in total. The van der Waals surface area contributed by atoms with Gasteiger partial charge >= 0.3 is 5.97 Å². The Bertz CT molecular complexity index is 507. The van der Waals surface area contributed by atoms with E-state index < -0.39 is 5.97 Å². The van der Waals surface area contributed by atoms with E-state index in [9.17, 15) is 9.90 Å². The van der Waals surface area contributed by atoms with Crippen LogP contribution >= 0.6 is 0 Å². The molecule has 0 bridgehead atoms. The Morgan fingerprint density at radius 3 is 2.56 bits per heavy atom. The molecule has 1 aromatic carbocycles. The lowest BCUT2D eigenvalue weighted by molar-refractivity contribution is -0.139. The predicted molar refractivity (Wildman–Crippen MR) is 65.1 cm³/mol. The zero-order valence-corrected chi connectivity index (χ0v) is 10.5. The van der Waals surface area contributed by atoms with Gasteiger partial charge in [-0.05, 0) is 23.1 Å². The van der Waals surface area contributed by atoms with Crippen molar-refractivity contribution in [3.8, 4) is 11.5 Å². The van der Waals surface area contributed by atoms with Crippen LogP contribution in [0.5, 0.6) is 11.5 Å². The lowest BCUT2D eigenvalue weighted by atomic mass is 10.0. The van der Waals surface area contributed by atoms with E-state index in [2.05, 4.69) is 0 Å². The third-order valence-corrected chi connectivity index (χ3v) is 4.02. The number of aliphatic carboxylic acids is 1. The van der Waals surface area contributed by atoms with E-state index in [-0.39, 0.29) is 17.3 Å². The van der Waals surface area contributed by atoms with Crippen LogP contribution in [0.1, 0.15) is 25.3 Å². The first-order valence-electron chi connectivity index (χ1n) is 6.14. The van der Waals surface area contributed by atoms with Crippen molar-refractivity contribution in [2.75, 3.05) is 13.2 Å². The van der Waals surface area contributed by atoms with Crippen LogP contribution in [0.15, 0.2) is 18.2 Å². The largest absolute Gasteiger partial charge is 0.486 e. The lowest BCUT2D eigenvalue weighted by Gasteiger charge is -2.19. The average molecular weight is 248 g/mol. The number of hydrogen-bond acceptors (Lipinski definition) is 3. The Hall–Kier alpha value is -1.71. The second-order valence-electron chi connectivity index (χ2n) is 5.52. The highest BCUT2D eigenvalue weighted by molar-refractivity contribution is 5.77. The zero-order valence-electron chi connectivity index (χ0n) is 10.5. The molecule has 0 amide bonds. The van der Waals surface area contributed by atoms with Crippen molar-refractivity contribution < 1.29 is 19.4 Å². The molecule has 4 heteroatoms. The molecule has 1 aromatic rings. The van der Waals surface area contributed by atoms with E-state index >= 15 is 0 Å². The third kappa shape index (κ3) is 1.55. The molecular formula is C14H16O4. The van der Waals surface area contributed by atoms with Gasteiger partial charge in [-0.3, -0.25) is 4.79 Å². The van der Waals surface area contributed by atoms with Crippen molar-refractivity contribution in [3.63, 3.8) is 0 Å². The van der Waals surface area contributed by atoms with E-state index in [0.717, 1.165) is 17.1 Å². The van der Waals surface area contributed by atoms with Gasteiger partial charge in [0.2, 0.25) is 0 Å². The van der Waals surface area contributed by atoms with Gasteiger partial charge in [0.15, 0.2) is 11.5 Å². The summed E-state index contributed by atoms with van der Waals surface area (Å²) in [5.74, 6) is 0.506. The molecule has 1 heterocycles. The molecule has 2 unspecified atom stereocenters. The minimum absolute atomic E-state index is 0.0610. The van der Waals surface area contributed by atoms with Crippen molar-refractivity contribution in [2.24, 2.45) is 11.3 Å². The fourth-order valence-electron chi connectivity index (χ4n) is 2.97. The molecule has 1 aliphatic heterocycles. The second-order valence-corrected chi connectivity index (χ2v) is 5.52. The quantitative estimate of drug-likeness (QED) is 0.872. The molecule has 1 fully saturated rings. The molecule has 18 heavy (non-hydrogen) atoms. The fraction of sp³-hybridized carbons (Fsp3) is 0.500. The number of hydrogen-bond donors (Lipinski definition) is 1. The molecule has 0 spiro atoms. The number of carboxylic acid groups (broad SMARTS) is 1. The summed E-state index contributed by atoms with van der Waals surface area (Å²) in [6, 6.07) is 5.74. The van der Waals surface area contributed by atoms with Gasteiger partial charge in [-0.25, -0.2) is 0 Å². The van der Waals surface area contributed by atoms with Gasteiger partial charge in [0.25, 0.3) is 0 Å². The van der Waals surface area contributed by atoms with Gasteiger partial charge in [0, 0.05) is 5.92 Å². The van der Waals surface area contributed by atoms with Crippen molar-refractivity contribution in [1.29, 1.82) is 0 Å². The van der Waals surface area contributed by atoms with Crippen molar-refractivity contribution in [3.05, 3.63) is 23.8 Å². The van der Waals surface area contributed by atoms with Crippen molar-refractivity contribution in [1.82, 2.24) is 0 Å². The van der Waals surface area contributed by atoms with Crippen LogP contribution in [-0.4, -0.2) is 24.3 Å². The highest BCUT2D eigenvalue weighted by atomic mass is 16.6. The fourth-order valence-corrected chi connectivity index (χ4v) is 2.97. The summed E-state index contributed by atoms with van der Waals surface area (Å²) in [6.07, 6.45) is 0. The molecule has 1 aliphatic carbocycles. The molecule has 2 atom stereocenters. The Kier molecular flexibility index (Phi) is 2.30. The molecule has 0 aromatic heterocycles. The summed E-state index contributed by atoms with van der Waals surface area (Å²) in [5, 5.41) is 9.20. The summed E-state index contributed by atoms with van der Waals surface area (Å²) in [7, 11) is 0. The Morgan fingerprint density at radius 1 is 1.28 bits per heavy atom. The van der Waals surface area contributed by atoms with Crippen LogP contribution in [0.25, 0.3) is 0 Å². The van der Waals surface area contributed by atoms with E-state index in [4.69, 9.17) is 9.47 Å². The van der Waals surface area contributed by atoms with E-state index in [1.54, 1.807) is 0 Å². The van der Waals surface area contributed by atoms with E-state index in [1.165, 1.54) is 0 Å². The standard InChI is InChI=1S/C14H16O4/c1-14(2)11(12(14)13(15)16)8-3-4-9-10(7-8)18-6-5-17-9/h3-4,7,11-12H,5-6H2,1-2H3,(H,15,16). The van der Waals surface area contributed by atoms with E-state index in [0.29, 0.717) is 13.2 Å². The predicted octanol–water partition coefficient (Wildman–Crippen LogP) is 2.28. The summed E-state index contributed by atoms with van der Waals surface area (Å²) in [4.78, 5) is 11.2. The summed E-state index contributed by atoms with van der Waals surface area (Å²) in [5.41, 5.74) is 0.840. The molecule has 1 saturated carbocycles. The summed E-state index contributed by atoms with van der Waals surface area (Å²) < 4.78 is 11.0. The van der Waals surface area contributed by atoms with Crippen LogP contribution < -0.4 is 9.47 Å². The Morgan fingerprint density at radius 2 is 1.94 bits per heavy atom. The monoisotopic (exact) mass is 248 g/mol. The number of carboxylic acids is 1. The third-order valence-electron chi connectivity index (χ3n) is 4.02. The zero-order chi connectivity index (χ0) is 12.9. The number of ether oxygens (including phenoxy) is 2. The smallest absolute Gasteiger partial charge is 0.307 e. The number of carbonyl (C=O) groups is 1. The van der Waals surface area contributed by atoms with Crippen LogP contribution in [0.3, 0.4) is 0 Å². The van der Waals surface area contributed by atoms with Crippen LogP contribution in [0, 0.1) is 11.3 Å². The molecule has 1 N–H and O–H groups in total. The van der Waals surface area contributed by atoms with Crippen LogP contribution in [-0.2, 0) is 4.79 Å². The minimum atomic E-state index is -0.722. The topological polar surface area (TPSA) is 55.8 Å². The van der Waals surface area contributed by atoms with Gasteiger partial charge in [-0.1, -0.05) is 19.9 Å².